The number of quaternary nitrogens is 1. The number of nitrogens with zero attached hydrogens (tertiary/aromatic N) is 1. The molecule has 50 heavy (non-hydrogen) atoms. The average Bonchev–Trinajstić information content (AvgIpc) is 3.06. The number of rotatable bonds is 38. The van der Waals surface area contributed by atoms with Gasteiger partial charge in [0.15, 0.2) is 0 Å². The van der Waals surface area contributed by atoms with E-state index in [9.17, 15) is 19.4 Å². The van der Waals surface area contributed by atoms with Crippen molar-refractivity contribution in [3.63, 3.8) is 0 Å². The second-order valence-corrected chi connectivity index (χ2v) is 17.2. The monoisotopic (exact) mass is 732 g/mol. The molecule has 3 N–H and O–H groups in total. The first kappa shape index (κ1) is 49.2. The van der Waals surface area contributed by atoms with Crippen molar-refractivity contribution in [2.24, 2.45) is 0 Å². The summed E-state index contributed by atoms with van der Waals surface area (Å²) in [6.45, 7) is 4.87. The number of carbonyl (C=O) groups is 1. The summed E-state index contributed by atoms with van der Waals surface area (Å²) in [4.78, 5) is 23.1. The van der Waals surface area contributed by atoms with E-state index < -0.39 is 20.0 Å². The molecule has 1 amide bonds. The normalized spacial score (nSPS) is 14.6. The molecule has 8 nitrogen and oxygen atoms in total. The maximum Gasteiger partial charge on any atom is 0.472 e. The van der Waals surface area contributed by atoms with Crippen LogP contribution in [0.3, 0.4) is 0 Å². The number of unbranched alkanes of at least 4 members (excludes halogenated alkanes) is 23. The lowest BCUT2D eigenvalue weighted by atomic mass is 10.0. The van der Waals surface area contributed by atoms with E-state index in [1.807, 2.05) is 21.1 Å². The SMILES string of the molecule is CCCCCCCCC/C=C\CCCCCCCC(=O)NC(COP(=O)(O)OCC[N+](C)(C)C)C(O)CCCCCCCCCCCCCC. The summed E-state index contributed by atoms with van der Waals surface area (Å²) in [6.07, 6.45) is 36.6. The van der Waals surface area contributed by atoms with Crippen molar-refractivity contribution < 1.29 is 32.9 Å². The fourth-order valence-electron chi connectivity index (χ4n) is 6.10. The second kappa shape index (κ2) is 34.0. The van der Waals surface area contributed by atoms with Crippen LogP contribution in [0.2, 0.25) is 0 Å². The standard InChI is InChI=1S/C41H83N2O6P/c1-6-8-10-12-14-16-18-20-21-22-23-25-27-29-31-33-35-41(45)42-39(38-49-50(46,47)48-37-36-43(3,4)5)40(44)34-32-30-28-26-24-19-17-15-13-11-9-7-2/h21-22,39-40,44H,6-20,23-38H2,1-5H3,(H-,42,45,46,47)/p+1/b22-21-. The molecule has 0 aromatic rings. The van der Waals surface area contributed by atoms with Gasteiger partial charge in [0.25, 0.3) is 0 Å². The van der Waals surface area contributed by atoms with Crippen LogP contribution < -0.4 is 5.32 Å². The fourth-order valence-corrected chi connectivity index (χ4v) is 6.83. The molecule has 0 heterocycles. The van der Waals surface area contributed by atoms with E-state index in [0.717, 1.165) is 51.4 Å². The highest BCUT2D eigenvalue weighted by Gasteiger charge is 2.28. The Morgan fingerprint density at radius 2 is 1.08 bits per heavy atom. The van der Waals surface area contributed by atoms with Gasteiger partial charge in [-0.3, -0.25) is 13.8 Å². The van der Waals surface area contributed by atoms with Gasteiger partial charge < -0.3 is 19.8 Å². The maximum atomic E-state index is 12.8. The smallest absolute Gasteiger partial charge is 0.391 e. The number of allylic oxidation sites excluding steroid dienone is 2. The number of aliphatic hydroxyl groups excluding tert-OH is 1. The first-order valence-electron chi connectivity index (χ1n) is 21.1. The Hall–Kier alpha value is -0.760. The van der Waals surface area contributed by atoms with Crippen molar-refractivity contribution in [2.75, 3.05) is 40.9 Å². The van der Waals surface area contributed by atoms with Gasteiger partial charge in [0.2, 0.25) is 5.91 Å². The van der Waals surface area contributed by atoms with Crippen LogP contribution in [0.15, 0.2) is 12.2 Å². The first-order valence-corrected chi connectivity index (χ1v) is 22.5. The van der Waals surface area contributed by atoms with Gasteiger partial charge in [-0.1, -0.05) is 161 Å². The van der Waals surface area contributed by atoms with Crippen LogP contribution >= 0.6 is 7.82 Å². The maximum absolute atomic E-state index is 12.8. The number of phosphoric ester groups is 1. The van der Waals surface area contributed by atoms with Crippen LogP contribution in [0.5, 0.6) is 0 Å². The van der Waals surface area contributed by atoms with Crippen LogP contribution in [-0.2, 0) is 18.4 Å². The van der Waals surface area contributed by atoms with Crippen molar-refractivity contribution in [3.8, 4) is 0 Å². The Balaban J connectivity index is 4.40. The Morgan fingerprint density at radius 1 is 0.660 bits per heavy atom. The van der Waals surface area contributed by atoms with Gasteiger partial charge in [0.1, 0.15) is 13.2 Å². The van der Waals surface area contributed by atoms with E-state index in [4.69, 9.17) is 9.05 Å². The number of carbonyl (C=O) groups excluding carboxylic acids is 1. The largest absolute Gasteiger partial charge is 0.472 e. The number of aliphatic hydroxyl groups is 1. The van der Waals surface area contributed by atoms with Gasteiger partial charge in [0.05, 0.1) is 39.9 Å². The molecule has 9 heteroatoms. The minimum atomic E-state index is -4.31. The molecule has 0 radical (unpaired) electrons. The summed E-state index contributed by atoms with van der Waals surface area (Å²) < 4.78 is 23.6. The minimum absolute atomic E-state index is 0.0747. The molecule has 3 unspecified atom stereocenters. The number of phosphoric acid groups is 1. The molecule has 0 spiro atoms. The van der Waals surface area contributed by atoms with E-state index in [-0.39, 0.29) is 19.1 Å². The Labute approximate surface area is 310 Å². The molecule has 3 atom stereocenters. The molecule has 0 aliphatic carbocycles. The predicted molar refractivity (Wildman–Crippen MR) is 212 cm³/mol. The molecule has 0 saturated carbocycles. The summed E-state index contributed by atoms with van der Waals surface area (Å²) in [5.74, 6) is -0.153. The quantitative estimate of drug-likeness (QED) is 0.0253. The van der Waals surface area contributed by atoms with E-state index >= 15 is 0 Å². The van der Waals surface area contributed by atoms with Crippen molar-refractivity contribution in [1.82, 2.24) is 5.32 Å². The highest BCUT2D eigenvalue weighted by atomic mass is 31.2. The zero-order valence-corrected chi connectivity index (χ0v) is 34.5. The zero-order valence-electron chi connectivity index (χ0n) is 33.7. The van der Waals surface area contributed by atoms with Gasteiger partial charge in [-0.2, -0.15) is 0 Å². The molecule has 0 aromatic heterocycles. The molecule has 0 saturated heterocycles. The lowest BCUT2D eigenvalue weighted by molar-refractivity contribution is -0.870. The topological polar surface area (TPSA) is 105 Å². The summed E-state index contributed by atoms with van der Waals surface area (Å²) >= 11 is 0. The van der Waals surface area contributed by atoms with E-state index in [0.29, 0.717) is 23.9 Å². The Kier molecular flexibility index (Phi) is 33.5. The third-order valence-electron chi connectivity index (χ3n) is 9.51. The summed E-state index contributed by atoms with van der Waals surface area (Å²) in [6, 6.07) is -0.759. The number of likely N-dealkylation sites (N-methyl/N-ethyl adjacent to an activating group) is 1. The highest BCUT2D eigenvalue weighted by molar-refractivity contribution is 7.47. The molecule has 0 aliphatic rings. The third-order valence-corrected chi connectivity index (χ3v) is 10.5. The number of hydrogen-bond acceptors (Lipinski definition) is 5. The fraction of sp³-hybridized carbons (Fsp3) is 0.927. The Morgan fingerprint density at radius 3 is 1.54 bits per heavy atom. The van der Waals surface area contributed by atoms with Crippen molar-refractivity contribution >= 4 is 13.7 Å². The average molecular weight is 732 g/mol. The molecule has 0 bridgehead atoms. The van der Waals surface area contributed by atoms with Crippen LogP contribution in [0.25, 0.3) is 0 Å². The van der Waals surface area contributed by atoms with E-state index in [1.165, 1.54) is 116 Å². The minimum Gasteiger partial charge on any atom is -0.391 e. The van der Waals surface area contributed by atoms with E-state index in [2.05, 4.69) is 31.3 Å². The lowest BCUT2D eigenvalue weighted by Gasteiger charge is -2.26. The number of hydrogen-bond donors (Lipinski definition) is 3. The van der Waals surface area contributed by atoms with Gasteiger partial charge in [-0.05, 0) is 38.5 Å². The molecular weight excluding hydrogens is 647 g/mol. The molecule has 0 aromatic carbocycles. The third kappa shape index (κ3) is 35.6. The Bertz CT molecular complexity index is 834. The first-order chi connectivity index (χ1) is 24.0. The number of amides is 1. The van der Waals surface area contributed by atoms with Gasteiger partial charge >= 0.3 is 7.82 Å². The van der Waals surface area contributed by atoms with Crippen LogP contribution in [0, 0.1) is 0 Å². The van der Waals surface area contributed by atoms with E-state index in [1.54, 1.807) is 0 Å². The van der Waals surface area contributed by atoms with Crippen molar-refractivity contribution in [3.05, 3.63) is 12.2 Å². The summed E-state index contributed by atoms with van der Waals surface area (Å²) in [5.41, 5.74) is 0. The highest BCUT2D eigenvalue weighted by Crippen LogP contribution is 2.43. The summed E-state index contributed by atoms with van der Waals surface area (Å²) in [7, 11) is 1.61. The van der Waals surface area contributed by atoms with Gasteiger partial charge in [-0.25, -0.2) is 4.57 Å². The van der Waals surface area contributed by atoms with Crippen molar-refractivity contribution in [1.29, 1.82) is 0 Å². The van der Waals surface area contributed by atoms with Gasteiger partial charge in [-0.15, -0.1) is 0 Å². The van der Waals surface area contributed by atoms with Crippen LogP contribution in [0.4, 0.5) is 0 Å². The van der Waals surface area contributed by atoms with Crippen LogP contribution in [-0.4, -0.2) is 73.4 Å². The predicted octanol–water partition coefficient (Wildman–Crippen LogP) is 11.2. The van der Waals surface area contributed by atoms with Crippen LogP contribution in [0.1, 0.15) is 194 Å². The zero-order chi connectivity index (χ0) is 37.2. The van der Waals surface area contributed by atoms with Crippen molar-refractivity contribution in [2.45, 2.75) is 206 Å². The molecule has 0 fully saturated rings. The molecule has 0 aliphatic heterocycles. The second-order valence-electron chi connectivity index (χ2n) is 15.7. The molecular formula is C41H84N2O6P+. The molecule has 298 valence electrons. The summed E-state index contributed by atoms with van der Waals surface area (Å²) in [5, 5.41) is 13.9. The molecule has 0 rings (SSSR count). The lowest BCUT2D eigenvalue weighted by Crippen LogP contribution is -2.46. The number of nitrogens with one attached hydrogen (secondary N) is 1. The van der Waals surface area contributed by atoms with Gasteiger partial charge in [0, 0.05) is 6.42 Å².